The summed E-state index contributed by atoms with van der Waals surface area (Å²) < 4.78 is 50.4. The Hall–Kier alpha value is -3.31. The molecular formula is C24H28N2O8S. The second-order valence-corrected chi connectivity index (χ2v) is 10.2. The van der Waals surface area contributed by atoms with Crippen LogP contribution in [-0.4, -0.2) is 69.8 Å². The lowest BCUT2D eigenvalue weighted by Gasteiger charge is -2.36. The van der Waals surface area contributed by atoms with Gasteiger partial charge in [-0.25, -0.2) is 13.2 Å². The first-order valence-electron chi connectivity index (χ1n) is 11.3. The molecule has 10 nitrogen and oxygen atoms in total. The van der Waals surface area contributed by atoms with E-state index >= 15 is 0 Å². The summed E-state index contributed by atoms with van der Waals surface area (Å²) in [5.41, 5.74) is 0.0117. The standard InChI is InChI=1S/C24H28N2O8S/c1-15-13-26(14-16(2)33-15)23(27)17(3)34-24(28)19-6-4-5-7-20(19)25-35(29,30)18-8-9-21-22(12-18)32-11-10-31-21/h4-9,12,15-17,25H,10-11,13-14H2,1-3H3. The third-order valence-corrected chi connectivity index (χ3v) is 6.94. The number of rotatable bonds is 6. The molecule has 1 saturated heterocycles. The van der Waals surface area contributed by atoms with Crippen LogP contribution >= 0.6 is 0 Å². The fourth-order valence-corrected chi connectivity index (χ4v) is 5.13. The Morgan fingerprint density at radius 2 is 1.69 bits per heavy atom. The molecular weight excluding hydrogens is 476 g/mol. The molecule has 0 aliphatic carbocycles. The quantitative estimate of drug-likeness (QED) is 0.596. The van der Waals surface area contributed by atoms with Crippen molar-refractivity contribution in [1.82, 2.24) is 4.90 Å². The van der Waals surface area contributed by atoms with E-state index in [-0.39, 0.29) is 34.3 Å². The van der Waals surface area contributed by atoms with Crippen molar-refractivity contribution in [3.63, 3.8) is 0 Å². The molecule has 0 bridgehead atoms. The van der Waals surface area contributed by atoms with E-state index in [2.05, 4.69) is 4.72 Å². The topological polar surface area (TPSA) is 120 Å². The molecule has 188 valence electrons. The van der Waals surface area contributed by atoms with Gasteiger partial charge in [-0.05, 0) is 45.0 Å². The fourth-order valence-electron chi connectivity index (χ4n) is 4.03. The highest BCUT2D eigenvalue weighted by Gasteiger charge is 2.31. The minimum atomic E-state index is -4.06. The summed E-state index contributed by atoms with van der Waals surface area (Å²) in [7, 11) is -4.06. The number of anilines is 1. The molecule has 0 radical (unpaired) electrons. The van der Waals surface area contributed by atoms with E-state index in [4.69, 9.17) is 18.9 Å². The first-order valence-corrected chi connectivity index (χ1v) is 12.8. The van der Waals surface area contributed by atoms with Gasteiger partial charge < -0.3 is 23.8 Å². The summed E-state index contributed by atoms with van der Waals surface area (Å²) in [5, 5.41) is 0. The van der Waals surface area contributed by atoms with Gasteiger partial charge in [0.25, 0.3) is 15.9 Å². The largest absolute Gasteiger partial charge is 0.486 e. The summed E-state index contributed by atoms with van der Waals surface area (Å²) in [4.78, 5) is 27.3. The third-order valence-electron chi connectivity index (χ3n) is 5.58. The first-order chi connectivity index (χ1) is 16.6. The van der Waals surface area contributed by atoms with Gasteiger partial charge in [-0.2, -0.15) is 0 Å². The van der Waals surface area contributed by atoms with Gasteiger partial charge in [0.15, 0.2) is 17.6 Å². The van der Waals surface area contributed by atoms with Gasteiger partial charge in [0, 0.05) is 19.2 Å². The number of sulfonamides is 1. The summed E-state index contributed by atoms with van der Waals surface area (Å²) in [6, 6.07) is 10.3. The average molecular weight is 505 g/mol. The van der Waals surface area contributed by atoms with Crippen LogP contribution in [0.15, 0.2) is 47.4 Å². The van der Waals surface area contributed by atoms with Crippen molar-refractivity contribution in [1.29, 1.82) is 0 Å². The Labute approximate surface area is 204 Å². The Morgan fingerprint density at radius 3 is 2.40 bits per heavy atom. The number of fused-ring (bicyclic) bond motifs is 1. The van der Waals surface area contributed by atoms with E-state index < -0.39 is 22.1 Å². The van der Waals surface area contributed by atoms with Crippen molar-refractivity contribution in [3.05, 3.63) is 48.0 Å². The molecule has 2 heterocycles. The van der Waals surface area contributed by atoms with Gasteiger partial charge in [-0.1, -0.05) is 12.1 Å². The number of nitrogens with zero attached hydrogens (tertiary/aromatic N) is 1. The summed E-state index contributed by atoms with van der Waals surface area (Å²) in [6.45, 7) is 6.74. The molecule has 3 unspecified atom stereocenters. The number of nitrogens with one attached hydrogen (secondary N) is 1. The molecule has 35 heavy (non-hydrogen) atoms. The monoisotopic (exact) mass is 504 g/mol. The van der Waals surface area contributed by atoms with Crippen LogP contribution in [-0.2, 0) is 24.3 Å². The lowest BCUT2D eigenvalue weighted by atomic mass is 10.2. The molecule has 0 aromatic heterocycles. The molecule has 2 aromatic rings. The zero-order chi connectivity index (χ0) is 25.2. The van der Waals surface area contributed by atoms with Crippen molar-refractivity contribution in [2.75, 3.05) is 31.0 Å². The van der Waals surface area contributed by atoms with Crippen LogP contribution in [0.2, 0.25) is 0 Å². The molecule has 11 heteroatoms. The van der Waals surface area contributed by atoms with Gasteiger partial charge in [0.2, 0.25) is 0 Å². The Morgan fingerprint density at radius 1 is 1.03 bits per heavy atom. The summed E-state index contributed by atoms with van der Waals surface area (Å²) in [6.07, 6.45) is -1.30. The van der Waals surface area contributed by atoms with Crippen LogP contribution < -0.4 is 14.2 Å². The second kappa shape index (κ2) is 10.1. The summed E-state index contributed by atoms with van der Waals surface area (Å²) in [5.74, 6) is -0.372. The molecule has 0 saturated carbocycles. The SMILES string of the molecule is CC1CN(C(=O)C(C)OC(=O)c2ccccc2NS(=O)(=O)c2ccc3c(c2)OCCO3)CC(C)O1. The predicted octanol–water partition coefficient (Wildman–Crippen LogP) is 2.44. The number of hydrogen-bond donors (Lipinski definition) is 1. The molecule has 4 rings (SSSR count). The van der Waals surface area contributed by atoms with Gasteiger partial charge in [0.05, 0.1) is 28.4 Å². The number of carbonyl (C=O) groups excluding carboxylic acids is 2. The molecule has 3 atom stereocenters. The average Bonchev–Trinajstić information content (AvgIpc) is 2.82. The minimum Gasteiger partial charge on any atom is -0.486 e. The van der Waals surface area contributed by atoms with Crippen molar-refractivity contribution >= 4 is 27.6 Å². The van der Waals surface area contributed by atoms with Crippen molar-refractivity contribution < 1.29 is 37.0 Å². The Balaban J connectivity index is 1.48. The fraction of sp³-hybridized carbons (Fsp3) is 0.417. The van der Waals surface area contributed by atoms with E-state index in [0.29, 0.717) is 37.8 Å². The number of esters is 1. The van der Waals surface area contributed by atoms with E-state index in [1.165, 1.54) is 37.3 Å². The minimum absolute atomic E-state index is 0.0167. The zero-order valence-electron chi connectivity index (χ0n) is 19.7. The van der Waals surface area contributed by atoms with Crippen molar-refractivity contribution in [2.24, 2.45) is 0 Å². The van der Waals surface area contributed by atoms with Crippen molar-refractivity contribution in [3.8, 4) is 11.5 Å². The maximum Gasteiger partial charge on any atom is 0.341 e. The van der Waals surface area contributed by atoms with Crippen LogP contribution in [0.25, 0.3) is 0 Å². The van der Waals surface area contributed by atoms with Crippen LogP contribution in [0.1, 0.15) is 31.1 Å². The van der Waals surface area contributed by atoms with Gasteiger partial charge in [-0.15, -0.1) is 0 Å². The van der Waals surface area contributed by atoms with E-state index in [9.17, 15) is 18.0 Å². The molecule has 1 amide bonds. The van der Waals surface area contributed by atoms with Crippen LogP contribution in [0.5, 0.6) is 11.5 Å². The highest BCUT2D eigenvalue weighted by molar-refractivity contribution is 7.92. The van der Waals surface area contributed by atoms with Gasteiger partial charge >= 0.3 is 5.97 Å². The van der Waals surface area contributed by atoms with E-state index in [1.807, 2.05) is 13.8 Å². The van der Waals surface area contributed by atoms with Crippen LogP contribution in [0.4, 0.5) is 5.69 Å². The number of hydrogen-bond acceptors (Lipinski definition) is 8. The van der Waals surface area contributed by atoms with Gasteiger partial charge in [0.1, 0.15) is 13.2 Å². The number of ether oxygens (including phenoxy) is 4. The van der Waals surface area contributed by atoms with E-state index in [0.717, 1.165) is 0 Å². The molecule has 1 fully saturated rings. The van der Waals surface area contributed by atoms with Gasteiger partial charge in [-0.3, -0.25) is 9.52 Å². The molecule has 2 aliphatic heterocycles. The lowest BCUT2D eigenvalue weighted by molar-refractivity contribution is -0.151. The number of para-hydroxylation sites is 1. The lowest BCUT2D eigenvalue weighted by Crippen LogP contribution is -2.51. The maximum absolute atomic E-state index is 13.0. The third kappa shape index (κ3) is 5.68. The number of carbonyl (C=O) groups is 2. The number of benzene rings is 2. The molecule has 0 spiro atoms. The van der Waals surface area contributed by atoms with Crippen molar-refractivity contribution in [2.45, 2.75) is 44.0 Å². The zero-order valence-corrected chi connectivity index (χ0v) is 20.5. The molecule has 2 aliphatic rings. The van der Waals surface area contributed by atoms with Crippen LogP contribution in [0.3, 0.4) is 0 Å². The first kappa shape index (κ1) is 24.8. The number of amides is 1. The van der Waals surface area contributed by atoms with E-state index in [1.54, 1.807) is 17.0 Å². The predicted molar refractivity (Wildman–Crippen MR) is 126 cm³/mol. The normalized spacial score (nSPS) is 20.6. The highest BCUT2D eigenvalue weighted by Crippen LogP contribution is 2.33. The second-order valence-electron chi connectivity index (χ2n) is 8.50. The van der Waals surface area contributed by atoms with Crippen LogP contribution in [0, 0.1) is 0 Å². The highest BCUT2D eigenvalue weighted by atomic mass is 32.2. The Bertz CT molecular complexity index is 1210. The molecule has 2 aromatic carbocycles. The maximum atomic E-state index is 13.0. The number of morpholine rings is 1. The molecule has 1 N–H and O–H groups in total. The Kier molecular flexibility index (Phi) is 7.18. The summed E-state index contributed by atoms with van der Waals surface area (Å²) >= 11 is 0. The smallest absolute Gasteiger partial charge is 0.341 e.